The molecule has 0 fully saturated rings. The lowest BCUT2D eigenvalue weighted by atomic mass is 10.2. The molecular formula is C6H15Cl2N. The van der Waals surface area contributed by atoms with E-state index in [1.54, 1.807) is 0 Å². The molecule has 0 aliphatic rings. The fourth-order valence-electron chi connectivity index (χ4n) is 0.573. The van der Waals surface area contributed by atoms with Crippen molar-refractivity contribution in [3.63, 3.8) is 0 Å². The molecule has 0 saturated carbocycles. The predicted molar refractivity (Wildman–Crippen MR) is 45.7 cm³/mol. The maximum Gasteiger partial charge on any atom is 0.0223 e. The Morgan fingerprint density at radius 2 is 1.89 bits per heavy atom. The van der Waals surface area contributed by atoms with Gasteiger partial charge in [-0.1, -0.05) is 6.42 Å². The number of rotatable bonds is 5. The van der Waals surface area contributed by atoms with Crippen LogP contribution in [0, 0.1) is 0 Å². The molecule has 9 heavy (non-hydrogen) atoms. The van der Waals surface area contributed by atoms with E-state index in [4.69, 9.17) is 11.6 Å². The van der Waals surface area contributed by atoms with Crippen LogP contribution in [0.5, 0.6) is 0 Å². The van der Waals surface area contributed by atoms with Crippen LogP contribution in [-0.4, -0.2) is 19.5 Å². The van der Waals surface area contributed by atoms with Crippen LogP contribution in [0.25, 0.3) is 0 Å². The molecule has 3 heteroatoms. The summed E-state index contributed by atoms with van der Waals surface area (Å²) in [5.41, 5.74) is 0. The Kier molecular flexibility index (Phi) is 15.4. The fourth-order valence-corrected chi connectivity index (χ4v) is 0.762. The largest absolute Gasteiger partial charge is 0.320 e. The monoisotopic (exact) mass is 171 g/mol. The molecule has 0 atom stereocenters. The second kappa shape index (κ2) is 11.4. The van der Waals surface area contributed by atoms with E-state index in [0.717, 1.165) is 18.8 Å². The topological polar surface area (TPSA) is 12.0 Å². The minimum atomic E-state index is 0. The maximum absolute atomic E-state index is 5.46. The van der Waals surface area contributed by atoms with Crippen LogP contribution >= 0.6 is 24.0 Å². The van der Waals surface area contributed by atoms with E-state index in [2.05, 4.69) is 5.32 Å². The van der Waals surface area contributed by atoms with E-state index in [9.17, 15) is 0 Å². The number of halogens is 2. The van der Waals surface area contributed by atoms with E-state index < -0.39 is 0 Å². The lowest BCUT2D eigenvalue weighted by Crippen LogP contribution is -2.06. The number of alkyl halides is 1. The third kappa shape index (κ3) is 11.9. The SMILES string of the molecule is CNCCCCCCl.Cl. The molecule has 1 nitrogen and oxygen atoms in total. The van der Waals surface area contributed by atoms with Crippen molar-refractivity contribution in [2.45, 2.75) is 19.3 Å². The zero-order valence-electron chi connectivity index (χ0n) is 5.82. The summed E-state index contributed by atoms with van der Waals surface area (Å²) in [6, 6.07) is 0. The third-order valence-electron chi connectivity index (χ3n) is 1.06. The minimum Gasteiger partial charge on any atom is -0.320 e. The van der Waals surface area contributed by atoms with Gasteiger partial charge in [0.05, 0.1) is 0 Å². The number of hydrogen-bond donors (Lipinski definition) is 1. The average Bonchev–Trinajstić information content (AvgIpc) is 1.81. The van der Waals surface area contributed by atoms with Crippen molar-refractivity contribution in [2.24, 2.45) is 0 Å². The van der Waals surface area contributed by atoms with Gasteiger partial charge in [0.25, 0.3) is 0 Å². The normalized spacial score (nSPS) is 8.67. The zero-order chi connectivity index (χ0) is 6.24. The van der Waals surface area contributed by atoms with Gasteiger partial charge in [-0.25, -0.2) is 0 Å². The molecule has 0 aromatic carbocycles. The molecular weight excluding hydrogens is 157 g/mol. The van der Waals surface area contributed by atoms with Gasteiger partial charge in [0.2, 0.25) is 0 Å². The second-order valence-corrected chi connectivity index (χ2v) is 2.23. The standard InChI is InChI=1S/C6H14ClN.ClH/c1-8-6-4-2-3-5-7;/h8H,2-6H2,1H3;1H. The number of nitrogens with one attached hydrogen (secondary N) is 1. The Balaban J connectivity index is 0. The summed E-state index contributed by atoms with van der Waals surface area (Å²) in [6.07, 6.45) is 3.66. The third-order valence-corrected chi connectivity index (χ3v) is 1.33. The number of hydrogen-bond acceptors (Lipinski definition) is 1. The van der Waals surface area contributed by atoms with Crippen molar-refractivity contribution in [2.75, 3.05) is 19.5 Å². The van der Waals surface area contributed by atoms with Crippen molar-refractivity contribution in [3.8, 4) is 0 Å². The Morgan fingerprint density at radius 1 is 1.22 bits per heavy atom. The molecule has 1 N–H and O–H groups in total. The van der Waals surface area contributed by atoms with E-state index in [1.807, 2.05) is 7.05 Å². The predicted octanol–water partition coefficient (Wildman–Crippen LogP) is 2.04. The van der Waals surface area contributed by atoms with Crippen LogP contribution in [0.2, 0.25) is 0 Å². The van der Waals surface area contributed by atoms with Crippen molar-refractivity contribution in [3.05, 3.63) is 0 Å². The van der Waals surface area contributed by atoms with Gasteiger partial charge in [0.1, 0.15) is 0 Å². The van der Waals surface area contributed by atoms with Gasteiger partial charge in [-0.3, -0.25) is 0 Å². The fraction of sp³-hybridized carbons (Fsp3) is 1.00. The highest BCUT2D eigenvalue weighted by Crippen LogP contribution is 1.94. The first-order valence-electron chi connectivity index (χ1n) is 3.12. The van der Waals surface area contributed by atoms with Crippen LogP contribution in [0.3, 0.4) is 0 Å². The summed E-state index contributed by atoms with van der Waals surface area (Å²) >= 11 is 5.46. The first-order valence-corrected chi connectivity index (χ1v) is 3.66. The van der Waals surface area contributed by atoms with Gasteiger partial charge in [0.15, 0.2) is 0 Å². The van der Waals surface area contributed by atoms with Crippen LogP contribution < -0.4 is 5.32 Å². The molecule has 0 unspecified atom stereocenters. The molecule has 0 spiro atoms. The molecule has 0 bridgehead atoms. The average molecular weight is 172 g/mol. The molecule has 0 heterocycles. The summed E-state index contributed by atoms with van der Waals surface area (Å²) in [4.78, 5) is 0. The highest BCUT2D eigenvalue weighted by molar-refractivity contribution is 6.17. The van der Waals surface area contributed by atoms with Crippen LogP contribution in [0.15, 0.2) is 0 Å². The molecule has 0 amide bonds. The lowest BCUT2D eigenvalue weighted by Gasteiger charge is -1.94. The van der Waals surface area contributed by atoms with Gasteiger partial charge in [0, 0.05) is 5.88 Å². The Hall–Kier alpha value is 0.540. The van der Waals surface area contributed by atoms with Crippen molar-refractivity contribution in [1.82, 2.24) is 5.32 Å². The molecule has 0 radical (unpaired) electrons. The van der Waals surface area contributed by atoms with Gasteiger partial charge < -0.3 is 5.32 Å². The van der Waals surface area contributed by atoms with E-state index in [-0.39, 0.29) is 12.4 Å². The summed E-state index contributed by atoms with van der Waals surface area (Å²) in [5.74, 6) is 0.809. The summed E-state index contributed by atoms with van der Waals surface area (Å²) in [5, 5.41) is 3.08. The molecule has 0 rings (SSSR count). The Labute approximate surface area is 68.6 Å². The number of unbranched alkanes of at least 4 members (excludes halogenated alkanes) is 2. The molecule has 0 aliphatic heterocycles. The maximum atomic E-state index is 5.46. The summed E-state index contributed by atoms with van der Waals surface area (Å²) in [6.45, 7) is 1.12. The first kappa shape index (κ1) is 12.2. The van der Waals surface area contributed by atoms with E-state index in [0.29, 0.717) is 0 Å². The van der Waals surface area contributed by atoms with Gasteiger partial charge in [-0.05, 0) is 26.4 Å². The molecule has 0 aliphatic carbocycles. The summed E-state index contributed by atoms with van der Waals surface area (Å²) in [7, 11) is 1.97. The molecule has 0 saturated heterocycles. The Bertz CT molecular complexity index is 36.0. The van der Waals surface area contributed by atoms with Crippen molar-refractivity contribution >= 4 is 24.0 Å². The molecule has 58 valence electrons. The zero-order valence-corrected chi connectivity index (χ0v) is 7.39. The van der Waals surface area contributed by atoms with Crippen LogP contribution in [0.1, 0.15) is 19.3 Å². The van der Waals surface area contributed by atoms with Gasteiger partial charge >= 0.3 is 0 Å². The Morgan fingerprint density at radius 3 is 2.33 bits per heavy atom. The van der Waals surface area contributed by atoms with Crippen molar-refractivity contribution in [1.29, 1.82) is 0 Å². The minimum absolute atomic E-state index is 0. The quantitative estimate of drug-likeness (QED) is 0.494. The molecule has 0 aromatic heterocycles. The van der Waals surface area contributed by atoms with Gasteiger partial charge in [-0.2, -0.15) is 0 Å². The van der Waals surface area contributed by atoms with E-state index >= 15 is 0 Å². The summed E-state index contributed by atoms with van der Waals surface area (Å²) < 4.78 is 0. The second-order valence-electron chi connectivity index (χ2n) is 1.85. The lowest BCUT2D eigenvalue weighted by molar-refractivity contribution is 0.669. The highest BCUT2D eigenvalue weighted by Gasteiger charge is 1.83. The smallest absolute Gasteiger partial charge is 0.0223 e. The van der Waals surface area contributed by atoms with E-state index in [1.165, 1.54) is 12.8 Å². The van der Waals surface area contributed by atoms with Crippen LogP contribution in [-0.2, 0) is 0 Å². The van der Waals surface area contributed by atoms with Crippen LogP contribution in [0.4, 0.5) is 0 Å². The van der Waals surface area contributed by atoms with Gasteiger partial charge in [-0.15, -0.1) is 24.0 Å². The highest BCUT2D eigenvalue weighted by atomic mass is 35.5. The molecule has 0 aromatic rings. The van der Waals surface area contributed by atoms with Crippen molar-refractivity contribution < 1.29 is 0 Å². The first-order chi connectivity index (χ1) is 3.91.